The molecule has 15 heavy (non-hydrogen) atoms. The fourth-order valence-electron chi connectivity index (χ4n) is 1.43. The number of ether oxygens (including phenoxy) is 1. The zero-order valence-corrected chi connectivity index (χ0v) is 8.35. The molecule has 0 fully saturated rings. The molecule has 0 aliphatic carbocycles. The number of methoxy groups -OCH3 is 1. The summed E-state index contributed by atoms with van der Waals surface area (Å²) in [6.07, 6.45) is 0.437. The molecular formula is C8H10N4O3. The fraction of sp³-hybridized carbons (Fsp3) is 0.500. The van der Waals surface area contributed by atoms with Crippen LogP contribution < -0.4 is 10.1 Å². The number of carbonyl (C=O) groups is 2. The van der Waals surface area contributed by atoms with Crippen molar-refractivity contribution >= 4 is 17.8 Å². The minimum Gasteiger partial charge on any atom is -0.466 e. The molecule has 0 radical (unpaired) electrons. The summed E-state index contributed by atoms with van der Waals surface area (Å²) in [5.41, 5.74) is 0. The highest BCUT2D eigenvalue weighted by molar-refractivity contribution is 6.10. The van der Waals surface area contributed by atoms with Gasteiger partial charge in [-0.1, -0.05) is 6.92 Å². The Morgan fingerprint density at radius 2 is 2.27 bits per heavy atom. The maximum absolute atomic E-state index is 11.7. The third kappa shape index (κ3) is 1.36. The van der Waals surface area contributed by atoms with Crippen LogP contribution in [0, 0.1) is 5.92 Å². The number of rotatable bonds is 2. The van der Waals surface area contributed by atoms with Crippen LogP contribution in [-0.2, 0) is 4.79 Å². The van der Waals surface area contributed by atoms with Crippen molar-refractivity contribution in [1.82, 2.24) is 14.8 Å². The second-order valence-electron chi connectivity index (χ2n) is 3.12. The topological polar surface area (TPSA) is 86.1 Å². The third-order valence-corrected chi connectivity index (χ3v) is 2.24. The first-order chi connectivity index (χ1) is 7.17. The maximum atomic E-state index is 11.7. The highest BCUT2D eigenvalue weighted by atomic mass is 16.5. The second-order valence-corrected chi connectivity index (χ2v) is 3.12. The molecule has 2 rings (SSSR count). The molecule has 1 N–H and O–H groups in total. The summed E-state index contributed by atoms with van der Waals surface area (Å²) in [6, 6.07) is 0.0652. The van der Waals surface area contributed by atoms with Gasteiger partial charge in [0.15, 0.2) is 0 Å². The van der Waals surface area contributed by atoms with Crippen LogP contribution in [0.4, 0.5) is 5.95 Å². The van der Waals surface area contributed by atoms with E-state index in [-0.39, 0.29) is 23.8 Å². The van der Waals surface area contributed by atoms with Crippen molar-refractivity contribution in [1.29, 1.82) is 0 Å². The van der Waals surface area contributed by atoms with E-state index in [1.54, 1.807) is 6.92 Å². The average Bonchev–Trinajstić information content (AvgIpc) is 2.61. The Morgan fingerprint density at radius 1 is 1.53 bits per heavy atom. The molecule has 80 valence electrons. The Morgan fingerprint density at radius 3 is 2.87 bits per heavy atom. The van der Waals surface area contributed by atoms with E-state index in [1.807, 2.05) is 0 Å². The largest absolute Gasteiger partial charge is 0.466 e. The van der Waals surface area contributed by atoms with E-state index in [2.05, 4.69) is 15.4 Å². The van der Waals surface area contributed by atoms with Crippen LogP contribution in [0.1, 0.15) is 18.1 Å². The minimum absolute atomic E-state index is 0.0652. The van der Waals surface area contributed by atoms with Crippen molar-refractivity contribution in [2.75, 3.05) is 12.4 Å². The lowest BCUT2D eigenvalue weighted by Crippen LogP contribution is -2.39. The smallest absolute Gasteiger partial charge is 0.337 e. The lowest BCUT2D eigenvalue weighted by Gasteiger charge is -2.18. The monoisotopic (exact) mass is 210 g/mol. The van der Waals surface area contributed by atoms with Crippen molar-refractivity contribution in [2.24, 2.45) is 5.92 Å². The fourth-order valence-corrected chi connectivity index (χ4v) is 1.43. The van der Waals surface area contributed by atoms with Gasteiger partial charge in [0.1, 0.15) is 5.92 Å². The molecule has 0 aromatic carbocycles. The van der Waals surface area contributed by atoms with Gasteiger partial charge in [0.25, 0.3) is 5.91 Å². The lowest BCUT2D eigenvalue weighted by atomic mass is 10.0. The number of hydrogen-bond donors (Lipinski definition) is 1. The molecule has 0 bridgehead atoms. The Balaban J connectivity index is 2.44. The van der Waals surface area contributed by atoms with Crippen molar-refractivity contribution in [3.05, 3.63) is 0 Å². The number of amides is 1. The third-order valence-electron chi connectivity index (χ3n) is 2.24. The lowest BCUT2D eigenvalue weighted by molar-refractivity contribution is -0.119. The van der Waals surface area contributed by atoms with E-state index in [4.69, 9.17) is 4.74 Å². The highest BCUT2D eigenvalue weighted by Crippen LogP contribution is 2.20. The van der Waals surface area contributed by atoms with Crippen LogP contribution in [0.3, 0.4) is 0 Å². The van der Waals surface area contributed by atoms with Crippen LogP contribution in [0.5, 0.6) is 6.01 Å². The zero-order valence-electron chi connectivity index (χ0n) is 8.35. The molecule has 1 aromatic rings. The van der Waals surface area contributed by atoms with Crippen molar-refractivity contribution in [3.63, 3.8) is 0 Å². The second kappa shape index (κ2) is 3.34. The summed E-state index contributed by atoms with van der Waals surface area (Å²) < 4.78 is 5.84. The van der Waals surface area contributed by atoms with Gasteiger partial charge in [0.2, 0.25) is 11.9 Å². The summed E-state index contributed by atoms with van der Waals surface area (Å²) in [7, 11) is 1.39. The molecule has 1 aromatic heterocycles. The number of anilines is 1. The first-order valence-corrected chi connectivity index (χ1v) is 4.53. The Hall–Kier alpha value is -1.92. The van der Waals surface area contributed by atoms with Gasteiger partial charge in [-0.05, 0) is 6.42 Å². The number of aromatic nitrogens is 3. The number of nitrogens with zero attached hydrogens (tertiary/aromatic N) is 3. The molecular weight excluding hydrogens is 200 g/mol. The van der Waals surface area contributed by atoms with Crippen LogP contribution in [0.25, 0.3) is 0 Å². The van der Waals surface area contributed by atoms with Gasteiger partial charge in [-0.2, -0.15) is 9.67 Å². The number of carbonyl (C=O) groups excluding carboxylic acids is 2. The standard InChI is InChI=1S/C8H10N4O3/c1-3-4-5(13)9-7-10-8(15-2)11-12(7)6(4)14/h4H,3H2,1-2H3,(H,9,10,11,13). The van der Waals surface area contributed by atoms with E-state index >= 15 is 0 Å². The maximum Gasteiger partial charge on any atom is 0.337 e. The molecule has 0 saturated carbocycles. The Labute approximate surface area is 85.4 Å². The van der Waals surface area contributed by atoms with Gasteiger partial charge in [0.05, 0.1) is 7.11 Å². The zero-order chi connectivity index (χ0) is 11.0. The van der Waals surface area contributed by atoms with E-state index in [1.165, 1.54) is 7.11 Å². The van der Waals surface area contributed by atoms with Crippen molar-refractivity contribution in [3.8, 4) is 6.01 Å². The predicted octanol–water partition coefficient (Wildman–Crippen LogP) is -0.0948. The first-order valence-electron chi connectivity index (χ1n) is 4.53. The van der Waals surface area contributed by atoms with Gasteiger partial charge in [-0.15, -0.1) is 5.10 Å². The van der Waals surface area contributed by atoms with E-state index < -0.39 is 5.92 Å². The van der Waals surface area contributed by atoms with Crippen molar-refractivity contribution < 1.29 is 14.3 Å². The number of hydrogen-bond acceptors (Lipinski definition) is 5. The molecule has 1 unspecified atom stereocenters. The molecule has 1 aliphatic rings. The summed E-state index contributed by atoms with van der Waals surface area (Å²) in [5, 5.41) is 6.30. The number of fused-ring (bicyclic) bond motifs is 1. The quantitative estimate of drug-likeness (QED) is 0.689. The van der Waals surface area contributed by atoms with Crippen LogP contribution in [-0.4, -0.2) is 33.7 Å². The molecule has 1 amide bonds. The average molecular weight is 210 g/mol. The SMILES string of the molecule is CCC1C(=O)Nc2nc(OC)nn2C1=O. The molecule has 1 atom stereocenters. The van der Waals surface area contributed by atoms with Crippen LogP contribution in [0.2, 0.25) is 0 Å². The van der Waals surface area contributed by atoms with Crippen LogP contribution in [0.15, 0.2) is 0 Å². The molecule has 2 heterocycles. The van der Waals surface area contributed by atoms with Crippen molar-refractivity contribution in [2.45, 2.75) is 13.3 Å². The van der Waals surface area contributed by atoms with E-state index in [0.717, 1.165) is 4.68 Å². The van der Waals surface area contributed by atoms with E-state index in [0.29, 0.717) is 6.42 Å². The van der Waals surface area contributed by atoms with E-state index in [9.17, 15) is 9.59 Å². The normalized spacial score (nSPS) is 19.7. The summed E-state index contributed by atoms with van der Waals surface area (Å²) >= 11 is 0. The first kappa shape index (κ1) is 9.63. The summed E-state index contributed by atoms with van der Waals surface area (Å²) in [6.45, 7) is 1.77. The predicted molar refractivity (Wildman–Crippen MR) is 49.6 cm³/mol. The van der Waals surface area contributed by atoms with Gasteiger partial charge in [-0.25, -0.2) is 0 Å². The van der Waals surface area contributed by atoms with Gasteiger partial charge >= 0.3 is 6.01 Å². The van der Waals surface area contributed by atoms with Crippen LogP contribution >= 0.6 is 0 Å². The summed E-state index contributed by atoms with van der Waals surface area (Å²) in [5.74, 6) is -1.28. The summed E-state index contributed by atoms with van der Waals surface area (Å²) in [4.78, 5) is 27.0. The highest BCUT2D eigenvalue weighted by Gasteiger charge is 2.35. The van der Waals surface area contributed by atoms with Gasteiger partial charge in [0, 0.05) is 0 Å². The molecule has 1 aliphatic heterocycles. The van der Waals surface area contributed by atoms with Gasteiger partial charge < -0.3 is 4.74 Å². The minimum atomic E-state index is -0.691. The van der Waals surface area contributed by atoms with Gasteiger partial charge in [-0.3, -0.25) is 14.9 Å². The number of nitrogens with one attached hydrogen (secondary N) is 1. The molecule has 7 nitrogen and oxygen atoms in total. The Bertz CT molecular complexity index is 426. The molecule has 0 spiro atoms. The Kier molecular flexibility index (Phi) is 2.14. The molecule has 0 saturated heterocycles. The molecule has 7 heteroatoms.